The van der Waals surface area contributed by atoms with E-state index in [-0.39, 0.29) is 11.9 Å². The number of furan rings is 1. The summed E-state index contributed by atoms with van der Waals surface area (Å²) < 4.78 is 20.5. The highest BCUT2D eigenvalue weighted by atomic mass is 35.5. The molecule has 0 saturated heterocycles. The summed E-state index contributed by atoms with van der Waals surface area (Å²) in [7, 11) is 1.90. The van der Waals surface area contributed by atoms with Crippen molar-refractivity contribution in [1.82, 2.24) is 9.55 Å². The van der Waals surface area contributed by atoms with Crippen molar-refractivity contribution >= 4 is 17.3 Å². The Labute approximate surface area is 126 Å². The van der Waals surface area contributed by atoms with Gasteiger partial charge in [0.05, 0.1) is 17.0 Å². The van der Waals surface area contributed by atoms with Gasteiger partial charge < -0.3 is 14.3 Å². The molecule has 1 unspecified atom stereocenters. The van der Waals surface area contributed by atoms with Crippen LogP contribution in [0, 0.1) is 5.82 Å². The Hall–Kier alpha value is -2.27. The van der Waals surface area contributed by atoms with Crippen LogP contribution in [0.3, 0.4) is 0 Å². The molecular weight excluding hydrogens is 293 g/mol. The monoisotopic (exact) mass is 305 g/mol. The van der Waals surface area contributed by atoms with Gasteiger partial charge in [0.1, 0.15) is 23.4 Å². The zero-order chi connectivity index (χ0) is 14.8. The van der Waals surface area contributed by atoms with Gasteiger partial charge in [-0.3, -0.25) is 0 Å². The Morgan fingerprint density at radius 2 is 2.24 bits per heavy atom. The number of aromatic nitrogens is 2. The molecule has 0 fully saturated rings. The van der Waals surface area contributed by atoms with Crippen molar-refractivity contribution in [3.63, 3.8) is 0 Å². The van der Waals surface area contributed by atoms with E-state index in [2.05, 4.69) is 10.3 Å². The number of hydrogen-bond donors (Lipinski definition) is 1. The van der Waals surface area contributed by atoms with Gasteiger partial charge in [-0.1, -0.05) is 11.6 Å². The van der Waals surface area contributed by atoms with Gasteiger partial charge in [0.15, 0.2) is 0 Å². The quantitative estimate of drug-likeness (QED) is 0.792. The number of benzene rings is 1. The van der Waals surface area contributed by atoms with Crippen molar-refractivity contribution in [2.45, 2.75) is 6.04 Å². The molecule has 2 aromatic heterocycles. The Morgan fingerprint density at radius 3 is 2.86 bits per heavy atom. The van der Waals surface area contributed by atoms with Crippen molar-refractivity contribution in [3.8, 4) is 0 Å². The van der Waals surface area contributed by atoms with E-state index >= 15 is 0 Å². The fourth-order valence-electron chi connectivity index (χ4n) is 2.14. The van der Waals surface area contributed by atoms with Crippen LogP contribution in [0.1, 0.15) is 17.6 Å². The van der Waals surface area contributed by atoms with Gasteiger partial charge in [-0.25, -0.2) is 9.37 Å². The molecule has 0 amide bonds. The van der Waals surface area contributed by atoms with Crippen LogP contribution >= 0.6 is 11.6 Å². The summed E-state index contributed by atoms with van der Waals surface area (Å²) in [6.07, 6.45) is 5.15. The second-order valence-corrected chi connectivity index (χ2v) is 5.02. The van der Waals surface area contributed by atoms with E-state index in [1.807, 2.05) is 23.9 Å². The molecular formula is C15H13ClFN3O. The summed E-state index contributed by atoms with van der Waals surface area (Å²) in [6.45, 7) is 0. The first-order valence-corrected chi connectivity index (χ1v) is 6.75. The molecule has 4 nitrogen and oxygen atoms in total. The maximum atomic E-state index is 13.1. The lowest BCUT2D eigenvalue weighted by Gasteiger charge is -2.18. The van der Waals surface area contributed by atoms with E-state index in [1.54, 1.807) is 24.6 Å². The SMILES string of the molecule is Cn1ccnc1C(Nc1ccc(F)cc1Cl)c1ccco1. The topological polar surface area (TPSA) is 43.0 Å². The second kappa shape index (κ2) is 5.61. The summed E-state index contributed by atoms with van der Waals surface area (Å²) in [5.41, 5.74) is 0.613. The molecule has 0 spiro atoms. The highest BCUT2D eigenvalue weighted by Gasteiger charge is 2.21. The van der Waals surface area contributed by atoms with Crippen LogP contribution in [0.25, 0.3) is 0 Å². The average molecular weight is 306 g/mol. The first-order chi connectivity index (χ1) is 10.1. The molecule has 1 aromatic carbocycles. The number of hydrogen-bond acceptors (Lipinski definition) is 3. The van der Waals surface area contributed by atoms with Crippen molar-refractivity contribution < 1.29 is 8.81 Å². The largest absolute Gasteiger partial charge is 0.467 e. The third-order valence-electron chi connectivity index (χ3n) is 3.18. The van der Waals surface area contributed by atoms with E-state index in [0.717, 1.165) is 5.82 Å². The fraction of sp³-hybridized carbons (Fsp3) is 0.133. The normalized spacial score (nSPS) is 12.3. The second-order valence-electron chi connectivity index (χ2n) is 4.61. The van der Waals surface area contributed by atoms with Crippen LogP contribution in [0.2, 0.25) is 5.02 Å². The predicted octanol–water partition coefficient (Wildman–Crippen LogP) is 4.01. The number of imidazole rings is 1. The molecule has 0 aliphatic carbocycles. The summed E-state index contributed by atoms with van der Waals surface area (Å²) >= 11 is 6.08. The minimum absolute atomic E-state index is 0.306. The van der Waals surface area contributed by atoms with Crippen molar-refractivity contribution in [1.29, 1.82) is 0 Å². The first-order valence-electron chi connectivity index (χ1n) is 6.37. The third-order valence-corrected chi connectivity index (χ3v) is 3.49. The van der Waals surface area contributed by atoms with Gasteiger partial charge >= 0.3 is 0 Å². The Balaban J connectivity index is 1.99. The van der Waals surface area contributed by atoms with E-state index in [0.29, 0.717) is 16.5 Å². The smallest absolute Gasteiger partial charge is 0.143 e. The molecule has 108 valence electrons. The third kappa shape index (κ3) is 2.78. The van der Waals surface area contributed by atoms with E-state index in [9.17, 15) is 4.39 Å². The van der Waals surface area contributed by atoms with Crippen LogP contribution < -0.4 is 5.32 Å². The van der Waals surface area contributed by atoms with Gasteiger partial charge in [0.2, 0.25) is 0 Å². The number of nitrogens with zero attached hydrogens (tertiary/aromatic N) is 2. The molecule has 21 heavy (non-hydrogen) atoms. The van der Waals surface area contributed by atoms with Crippen LogP contribution in [0.5, 0.6) is 0 Å². The molecule has 0 aliphatic heterocycles. The minimum atomic E-state index is -0.378. The van der Waals surface area contributed by atoms with Gasteiger partial charge in [-0.05, 0) is 30.3 Å². The van der Waals surface area contributed by atoms with Crippen LogP contribution in [0.4, 0.5) is 10.1 Å². The van der Waals surface area contributed by atoms with E-state index in [1.165, 1.54) is 12.1 Å². The maximum Gasteiger partial charge on any atom is 0.143 e. The molecule has 0 bridgehead atoms. The number of aryl methyl sites for hydroxylation is 1. The lowest BCUT2D eigenvalue weighted by molar-refractivity contribution is 0.488. The number of anilines is 1. The molecule has 1 N–H and O–H groups in total. The van der Waals surface area contributed by atoms with Crippen LogP contribution in [-0.2, 0) is 7.05 Å². The molecule has 0 radical (unpaired) electrons. The van der Waals surface area contributed by atoms with Gasteiger partial charge in [-0.15, -0.1) is 0 Å². The highest BCUT2D eigenvalue weighted by Crippen LogP contribution is 2.30. The molecule has 2 heterocycles. The predicted molar refractivity (Wildman–Crippen MR) is 78.8 cm³/mol. The van der Waals surface area contributed by atoms with Gasteiger partial charge in [-0.2, -0.15) is 0 Å². The van der Waals surface area contributed by atoms with Gasteiger partial charge in [0.25, 0.3) is 0 Å². The summed E-state index contributed by atoms with van der Waals surface area (Å²) in [5.74, 6) is 1.09. The Bertz CT molecular complexity index is 739. The lowest BCUT2D eigenvalue weighted by Crippen LogP contribution is -2.16. The number of halogens is 2. The summed E-state index contributed by atoms with van der Waals surface area (Å²) in [5, 5.41) is 3.55. The fourth-order valence-corrected chi connectivity index (χ4v) is 2.36. The van der Waals surface area contributed by atoms with Gasteiger partial charge in [0, 0.05) is 19.4 Å². The zero-order valence-corrected chi connectivity index (χ0v) is 12.0. The average Bonchev–Trinajstić information content (AvgIpc) is 3.10. The van der Waals surface area contributed by atoms with E-state index < -0.39 is 0 Å². The van der Waals surface area contributed by atoms with Crippen molar-refractivity contribution in [3.05, 3.63) is 71.4 Å². The molecule has 0 aliphatic rings. The number of nitrogens with one attached hydrogen (secondary N) is 1. The highest BCUT2D eigenvalue weighted by molar-refractivity contribution is 6.33. The van der Waals surface area contributed by atoms with Crippen LogP contribution in [-0.4, -0.2) is 9.55 Å². The Kier molecular flexibility index (Phi) is 3.66. The van der Waals surface area contributed by atoms with Crippen LogP contribution in [0.15, 0.2) is 53.4 Å². The lowest BCUT2D eigenvalue weighted by atomic mass is 10.2. The summed E-state index contributed by atoms with van der Waals surface area (Å²) in [4.78, 5) is 4.34. The molecule has 3 aromatic rings. The van der Waals surface area contributed by atoms with E-state index in [4.69, 9.17) is 16.0 Å². The zero-order valence-electron chi connectivity index (χ0n) is 11.3. The Morgan fingerprint density at radius 1 is 1.38 bits per heavy atom. The molecule has 3 rings (SSSR count). The molecule has 1 atom stereocenters. The number of rotatable bonds is 4. The molecule has 6 heteroatoms. The molecule has 0 saturated carbocycles. The first kappa shape index (κ1) is 13.7. The summed E-state index contributed by atoms with van der Waals surface area (Å²) in [6, 6.07) is 7.55. The maximum absolute atomic E-state index is 13.1. The van der Waals surface area contributed by atoms with Crippen molar-refractivity contribution in [2.24, 2.45) is 7.05 Å². The minimum Gasteiger partial charge on any atom is -0.467 e. The van der Waals surface area contributed by atoms with Crippen molar-refractivity contribution in [2.75, 3.05) is 5.32 Å². The standard InChI is InChI=1S/C15H13ClFN3O/c1-20-7-6-18-15(20)14(13-3-2-8-21-13)19-12-5-4-10(17)9-11(12)16/h2-9,14,19H,1H3.